The van der Waals surface area contributed by atoms with Gasteiger partial charge in [0.25, 0.3) is 0 Å². The van der Waals surface area contributed by atoms with Crippen molar-refractivity contribution in [3.8, 4) is 0 Å². The molecule has 0 aliphatic carbocycles. The number of piperidine rings is 1. The van der Waals surface area contributed by atoms with Crippen LogP contribution < -0.4 is 10.6 Å². The van der Waals surface area contributed by atoms with Gasteiger partial charge in [-0.05, 0) is 81.4 Å². The highest BCUT2D eigenvalue weighted by atomic mass is 32.1. The zero-order valence-electron chi connectivity index (χ0n) is 17.7. The second-order valence-electron chi connectivity index (χ2n) is 8.14. The highest BCUT2D eigenvalue weighted by Gasteiger charge is 2.23. The van der Waals surface area contributed by atoms with Crippen molar-refractivity contribution >= 4 is 39.6 Å². The Morgan fingerprint density at radius 2 is 1.83 bits per heavy atom. The second kappa shape index (κ2) is 10.0. The first-order chi connectivity index (χ1) is 14.7. The Hall–Kier alpha value is -2.44. The molecule has 3 N–H and O–H groups in total. The van der Waals surface area contributed by atoms with Gasteiger partial charge in [0.05, 0.1) is 5.52 Å². The van der Waals surface area contributed by atoms with Gasteiger partial charge in [0.15, 0.2) is 5.11 Å². The number of nitrogens with zero attached hydrogens (tertiary/aromatic N) is 2. The molecule has 0 atom stereocenters. The molecule has 0 unspecified atom stereocenters. The Morgan fingerprint density at radius 1 is 1.07 bits per heavy atom. The number of aromatic amines is 1. The molecule has 1 aromatic heterocycles. The maximum absolute atomic E-state index is 5.48. The first kappa shape index (κ1) is 20.8. The van der Waals surface area contributed by atoms with Crippen LogP contribution in [0.1, 0.15) is 50.6 Å². The number of unbranched alkanes of at least 4 members (excludes halogenated alkanes) is 2. The van der Waals surface area contributed by atoms with Crippen LogP contribution in [0.3, 0.4) is 0 Å². The normalized spacial score (nSPS) is 15.4. The quantitative estimate of drug-likeness (QED) is 0.335. The molecule has 0 radical (unpaired) electrons. The van der Waals surface area contributed by atoms with Gasteiger partial charge in [-0.3, -0.25) is 5.10 Å². The van der Waals surface area contributed by atoms with Gasteiger partial charge in [0.1, 0.15) is 0 Å². The van der Waals surface area contributed by atoms with Crippen LogP contribution in [0.25, 0.3) is 10.9 Å². The van der Waals surface area contributed by atoms with Crippen LogP contribution in [-0.4, -0.2) is 39.8 Å². The van der Waals surface area contributed by atoms with Crippen LogP contribution in [0.15, 0.2) is 48.5 Å². The van der Waals surface area contributed by atoms with E-state index in [0.717, 1.165) is 16.9 Å². The van der Waals surface area contributed by atoms with Crippen molar-refractivity contribution in [1.29, 1.82) is 0 Å². The highest BCUT2D eigenvalue weighted by Crippen LogP contribution is 2.32. The van der Waals surface area contributed by atoms with E-state index in [-0.39, 0.29) is 0 Å². The topological polar surface area (TPSA) is 56.0 Å². The van der Waals surface area contributed by atoms with E-state index in [0.29, 0.717) is 11.0 Å². The van der Waals surface area contributed by atoms with Crippen molar-refractivity contribution < 1.29 is 0 Å². The van der Waals surface area contributed by atoms with Crippen molar-refractivity contribution in [2.24, 2.45) is 0 Å². The van der Waals surface area contributed by atoms with Gasteiger partial charge in [0.2, 0.25) is 0 Å². The molecule has 2 heterocycles. The summed E-state index contributed by atoms with van der Waals surface area (Å²) in [5.41, 5.74) is 4.24. The van der Waals surface area contributed by atoms with Crippen LogP contribution in [0.5, 0.6) is 0 Å². The second-order valence-corrected chi connectivity index (χ2v) is 8.55. The summed E-state index contributed by atoms with van der Waals surface area (Å²) in [6.45, 7) is 5.86. The third-order valence-electron chi connectivity index (χ3n) is 5.95. The summed E-state index contributed by atoms with van der Waals surface area (Å²) in [6.07, 6.45) is 6.32. The molecule has 4 rings (SSSR count). The van der Waals surface area contributed by atoms with Gasteiger partial charge in [-0.25, -0.2) is 0 Å². The molecule has 3 aromatic rings. The summed E-state index contributed by atoms with van der Waals surface area (Å²) in [4.78, 5) is 2.62. The van der Waals surface area contributed by atoms with E-state index >= 15 is 0 Å². The standard InChI is InChI=1S/C24H31N5S/c1-2-3-7-14-29-15-12-18(13-16-29)23-21-17-20(10-11-22(21)27-28-23)26-24(30)25-19-8-5-4-6-9-19/h4-6,8-11,17-18H,2-3,7,12-16H2,1H3,(H,27,28)(H2,25,26,30). The lowest BCUT2D eigenvalue weighted by Crippen LogP contribution is -2.33. The predicted molar refractivity (Wildman–Crippen MR) is 130 cm³/mol. The molecule has 1 aliphatic heterocycles. The number of anilines is 2. The van der Waals surface area contributed by atoms with E-state index < -0.39 is 0 Å². The molecular formula is C24H31N5S. The fourth-order valence-corrected chi connectivity index (χ4v) is 4.50. The number of rotatable bonds is 7. The Balaban J connectivity index is 1.40. The molecule has 0 bridgehead atoms. The van der Waals surface area contributed by atoms with E-state index in [1.54, 1.807) is 0 Å². The monoisotopic (exact) mass is 421 g/mol. The Morgan fingerprint density at radius 3 is 2.60 bits per heavy atom. The van der Waals surface area contributed by atoms with Crippen LogP contribution in [0.2, 0.25) is 0 Å². The SMILES string of the molecule is CCCCCN1CCC(c2[nH]nc3ccc(NC(=S)Nc4ccccc4)cc23)CC1. The molecule has 158 valence electrons. The van der Waals surface area contributed by atoms with Gasteiger partial charge >= 0.3 is 0 Å². The average Bonchev–Trinajstić information content (AvgIpc) is 3.18. The number of thiocarbonyl (C=S) groups is 1. The van der Waals surface area contributed by atoms with Crippen molar-refractivity contribution in [3.63, 3.8) is 0 Å². The smallest absolute Gasteiger partial charge is 0.175 e. The molecule has 1 aliphatic rings. The number of aromatic nitrogens is 2. The number of benzene rings is 2. The van der Waals surface area contributed by atoms with Crippen molar-refractivity contribution in [1.82, 2.24) is 15.1 Å². The van der Waals surface area contributed by atoms with Crippen LogP contribution >= 0.6 is 12.2 Å². The Bertz CT molecular complexity index is 960. The minimum Gasteiger partial charge on any atom is -0.332 e. The molecule has 2 aromatic carbocycles. The number of H-pyrrole nitrogens is 1. The lowest BCUT2D eigenvalue weighted by Gasteiger charge is -2.31. The Labute approximate surface area is 184 Å². The summed E-state index contributed by atoms with van der Waals surface area (Å²) in [5, 5.41) is 16.2. The first-order valence-electron chi connectivity index (χ1n) is 11.1. The van der Waals surface area contributed by atoms with Crippen molar-refractivity contribution in [2.45, 2.75) is 44.9 Å². The Kier molecular flexibility index (Phi) is 6.97. The summed E-state index contributed by atoms with van der Waals surface area (Å²) >= 11 is 5.48. The van der Waals surface area contributed by atoms with Gasteiger partial charge in [-0.2, -0.15) is 5.10 Å². The van der Waals surface area contributed by atoms with Gasteiger partial charge in [-0.1, -0.05) is 38.0 Å². The minimum atomic E-state index is 0.544. The van der Waals surface area contributed by atoms with Crippen LogP contribution in [0, 0.1) is 0 Å². The molecule has 30 heavy (non-hydrogen) atoms. The fourth-order valence-electron chi connectivity index (χ4n) is 4.26. The molecule has 0 spiro atoms. The van der Waals surface area contributed by atoms with Crippen molar-refractivity contribution in [2.75, 3.05) is 30.3 Å². The summed E-state index contributed by atoms with van der Waals surface area (Å²) < 4.78 is 0. The van der Waals surface area contributed by atoms with E-state index in [1.165, 1.54) is 62.8 Å². The van der Waals surface area contributed by atoms with E-state index in [4.69, 9.17) is 12.2 Å². The minimum absolute atomic E-state index is 0.544. The number of hydrogen-bond donors (Lipinski definition) is 3. The van der Waals surface area contributed by atoms with Gasteiger partial charge in [-0.15, -0.1) is 0 Å². The maximum atomic E-state index is 5.48. The molecule has 6 heteroatoms. The predicted octanol–water partition coefficient (Wildman–Crippen LogP) is 5.74. The molecule has 1 saturated heterocycles. The van der Waals surface area contributed by atoms with E-state index in [2.05, 4.69) is 44.8 Å². The fraction of sp³-hybridized carbons (Fsp3) is 0.417. The molecular weight excluding hydrogens is 390 g/mol. The van der Waals surface area contributed by atoms with Gasteiger partial charge < -0.3 is 15.5 Å². The van der Waals surface area contributed by atoms with E-state index in [1.807, 2.05) is 36.4 Å². The van der Waals surface area contributed by atoms with Crippen molar-refractivity contribution in [3.05, 3.63) is 54.2 Å². The number of fused-ring (bicyclic) bond motifs is 1. The van der Waals surface area contributed by atoms with Gasteiger partial charge in [0, 0.05) is 28.4 Å². The zero-order valence-corrected chi connectivity index (χ0v) is 18.5. The number of nitrogens with one attached hydrogen (secondary N) is 3. The zero-order chi connectivity index (χ0) is 20.8. The summed E-state index contributed by atoms with van der Waals surface area (Å²) in [5.74, 6) is 0.544. The molecule has 1 fully saturated rings. The first-order valence-corrected chi connectivity index (χ1v) is 11.5. The molecule has 0 saturated carbocycles. The molecule has 5 nitrogen and oxygen atoms in total. The third kappa shape index (κ3) is 5.18. The average molecular weight is 422 g/mol. The van der Waals surface area contributed by atoms with Crippen LogP contribution in [-0.2, 0) is 0 Å². The lowest BCUT2D eigenvalue weighted by molar-refractivity contribution is 0.207. The number of para-hydroxylation sites is 1. The van der Waals surface area contributed by atoms with Crippen LogP contribution in [0.4, 0.5) is 11.4 Å². The number of likely N-dealkylation sites (tertiary alicyclic amines) is 1. The number of hydrogen-bond acceptors (Lipinski definition) is 3. The van der Waals surface area contributed by atoms with E-state index in [9.17, 15) is 0 Å². The third-order valence-corrected chi connectivity index (χ3v) is 6.15. The summed E-state index contributed by atoms with van der Waals surface area (Å²) in [7, 11) is 0. The maximum Gasteiger partial charge on any atom is 0.175 e. The molecule has 0 amide bonds. The summed E-state index contributed by atoms with van der Waals surface area (Å²) in [6, 6.07) is 16.2. The lowest BCUT2D eigenvalue weighted by atomic mass is 9.91. The highest BCUT2D eigenvalue weighted by molar-refractivity contribution is 7.80. The largest absolute Gasteiger partial charge is 0.332 e.